The number of piperidine rings is 1. The van der Waals surface area contributed by atoms with Crippen molar-refractivity contribution in [2.45, 2.75) is 37.8 Å². The molecule has 6 rings (SSSR count). The van der Waals surface area contributed by atoms with E-state index in [4.69, 9.17) is 4.74 Å². The van der Waals surface area contributed by atoms with Crippen molar-refractivity contribution in [1.82, 2.24) is 24.6 Å². The average molecular weight is 485 g/mol. The number of rotatable bonds is 4. The number of nitrogens with zero attached hydrogens (tertiary/aromatic N) is 5. The Morgan fingerprint density at radius 2 is 2.03 bits per heavy atom. The predicted octanol–water partition coefficient (Wildman–Crippen LogP) is 4.26. The molecule has 2 aromatic heterocycles. The van der Waals surface area contributed by atoms with Crippen molar-refractivity contribution in [2.75, 3.05) is 31.5 Å². The van der Waals surface area contributed by atoms with E-state index in [1.54, 1.807) is 0 Å². The number of fused-ring (bicyclic) bond motifs is 2. The van der Waals surface area contributed by atoms with Gasteiger partial charge in [-0.2, -0.15) is 5.10 Å². The Morgan fingerprint density at radius 3 is 2.75 bits per heavy atom. The van der Waals surface area contributed by atoms with E-state index in [1.165, 1.54) is 11.6 Å². The largest absolute Gasteiger partial charge is 0.484 e. The Morgan fingerprint density at radius 1 is 1.22 bits per heavy atom. The van der Waals surface area contributed by atoms with Gasteiger partial charge in [0.1, 0.15) is 17.7 Å². The van der Waals surface area contributed by atoms with Gasteiger partial charge in [-0.15, -0.1) is 0 Å². The van der Waals surface area contributed by atoms with Crippen LogP contribution in [0.25, 0.3) is 11.1 Å². The molecular formula is C28H32N6O2. The van der Waals surface area contributed by atoms with Gasteiger partial charge in [0.15, 0.2) is 0 Å². The molecule has 0 aliphatic carbocycles. The normalized spacial score (nSPS) is 20.4. The molecule has 3 aliphatic heterocycles. The highest BCUT2D eigenvalue weighted by molar-refractivity contribution is 5.87. The Labute approximate surface area is 211 Å². The van der Waals surface area contributed by atoms with Gasteiger partial charge < -0.3 is 15.0 Å². The lowest BCUT2D eigenvalue weighted by atomic mass is 9.88. The van der Waals surface area contributed by atoms with Gasteiger partial charge in [-0.25, -0.2) is 4.98 Å². The molecular weight excluding hydrogens is 452 g/mol. The number of likely N-dealkylation sites (tertiary alicyclic amines) is 2. The fourth-order valence-electron chi connectivity index (χ4n) is 5.77. The molecule has 3 aliphatic rings. The smallest absolute Gasteiger partial charge is 0.246 e. The molecule has 0 saturated carbocycles. The minimum Gasteiger partial charge on any atom is -0.484 e. The van der Waals surface area contributed by atoms with Gasteiger partial charge in [0.25, 0.3) is 0 Å². The third-order valence-corrected chi connectivity index (χ3v) is 7.84. The fraction of sp³-hybridized carbons (Fsp3) is 0.393. The van der Waals surface area contributed by atoms with Crippen LogP contribution in [0, 0.1) is 0 Å². The zero-order valence-corrected chi connectivity index (χ0v) is 20.9. The monoisotopic (exact) mass is 484 g/mol. The Hall–Kier alpha value is -3.65. The number of ether oxygens (including phenoxy) is 1. The zero-order valence-electron chi connectivity index (χ0n) is 20.9. The summed E-state index contributed by atoms with van der Waals surface area (Å²) < 4.78 is 8.24. The van der Waals surface area contributed by atoms with E-state index in [0.717, 1.165) is 73.0 Å². The Kier molecular flexibility index (Phi) is 5.76. The Bertz CT molecular complexity index is 1300. The highest BCUT2D eigenvalue weighted by atomic mass is 16.5. The molecule has 8 heteroatoms. The van der Waals surface area contributed by atoms with Crippen LogP contribution in [0.5, 0.6) is 5.75 Å². The second-order valence-corrected chi connectivity index (χ2v) is 10.1. The number of aryl methyl sites for hydroxylation is 1. The van der Waals surface area contributed by atoms with Gasteiger partial charge in [0, 0.05) is 49.7 Å². The van der Waals surface area contributed by atoms with Crippen molar-refractivity contribution in [3.05, 3.63) is 66.6 Å². The lowest BCUT2D eigenvalue weighted by Crippen LogP contribution is -2.61. The number of anilines is 2. The van der Waals surface area contributed by atoms with Gasteiger partial charge in [0.2, 0.25) is 5.91 Å². The highest BCUT2D eigenvalue weighted by Crippen LogP contribution is 2.43. The van der Waals surface area contributed by atoms with E-state index >= 15 is 0 Å². The molecule has 1 atom stereocenters. The summed E-state index contributed by atoms with van der Waals surface area (Å²) in [6.45, 7) is 9.42. The van der Waals surface area contributed by atoms with E-state index in [1.807, 2.05) is 41.3 Å². The molecule has 0 radical (unpaired) electrons. The van der Waals surface area contributed by atoms with Crippen LogP contribution in [0.2, 0.25) is 0 Å². The molecule has 36 heavy (non-hydrogen) atoms. The van der Waals surface area contributed by atoms with Crippen LogP contribution in [0.15, 0.2) is 55.5 Å². The van der Waals surface area contributed by atoms with Gasteiger partial charge in [0.05, 0.1) is 11.9 Å². The quantitative estimate of drug-likeness (QED) is 0.558. The van der Waals surface area contributed by atoms with E-state index < -0.39 is 0 Å². The van der Waals surface area contributed by atoms with Gasteiger partial charge in [-0.05, 0) is 74.2 Å². The summed E-state index contributed by atoms with van der Waals surface area (Å²) >= 11 is 0. The van der Waals surface area contributed by atoms with Gasteiger partial charge in [-0.1, -0.05) is 12.6 Å². The first-order valence-corrected chi connectivity index (χ1v) is 12.7. The average Bonchev–Trinajstić information content (AvgIpc) is 3.24. The van der Waals surface area contributed by atoms with Gasteiger partial charge in [-0.3, -0.25) is 14.4 Å². The first kappa shape index (κ1) is 22.8. The third-order valence-electron chi connectivity index (χ3n) is 7.84. The fourth-order valence-corrected chi connectivity index (χ4v) is 5.77. The zero-order chi connectivity index (χ0) is 24.8. The van der Waals surface area contributed by atoms with Crippen molar-refractivity contribution < 1.29 is 9.53 Å². The number of hydrogen-bond acceptors (Lipinski definition) is 6. The topological polar surface area (TPSA) is 75.5 Å². The number of carbonyl (C=O) groups is 1. The molecule has 186 valence electrons. The van der Waals surface area contributed by atoms with Crippen molar-refractivity contribution in [3.63, 3.8) is 0 Å². The minimum absolute atomic E-state index is 0.0405. The first-order valence-electron chi connectivity index (χ1n) is 12.7. The number of hydrogen-bond donors (Lipinski definition) is 1. The molecule has 1 N–H and O–H groups in total. The maximum Gasteiger partial charge on any atom is 0.246 e. The molecule has 2 saturated heterocycles. The van der Waals surface area contributed by atoms with Crippen LogP contribution in [0.1, 0.15) is 42.9 Å². The van der Waals surface area contributed by atoms with Crippen LogP contribution < -0.4 is 10.1 Å². The number of nitrogens with one attached hydrogen (secondary N) is 1. The number of carbonyl (C=O) groups excluding carboxylic acids is 1. The van der Waals surface area contributed by atoms with Crippen molar-refractivity contribution in [3.8, 4) is 16.9 Å². The van der Waals surface area contributed by atoms with Crippen LogP contribution in [0.3, 0.4) is 0 Å². The maximum absolute atomic E-state index is 11.8. The number of amides is 1. The molecule has 1 amide bonds. The lowest BCUT2D eigenvalue weighted by Gasteiger charge is -2.47. The molecule has 0 unspecified atom stereocenters. The SMILES string of the molecule is C=CC(=O)N1CC(N2CCC(c3ccc4c(c3)Nc3nccc(-c5cnn(C)c5)c3[C@H](C)O4)CC2)C1. The van der Waals surface area contributed by atoms with Crippen LogP contribution in [-0.2, 0) is 11.8 Å². The molecule has 2 fully saturated rings. The number of pyridine rings is 1. The van der Waals surface area contributed by atoms with Crippen molar-refractivity contribution in [2.24, 2.45) is 7.05 Å². The van der Waals surface area contributed by atoms with Crippen LogP contribution in [-0.4, -0.2) is 62.7 Å². The van der Waals surface area contributed by atoms with Crippen molar-refractivity contribution in [1.29, 1.82) is 0 Å². The molecule has 8 nitrogen and oxygen atoms in total. The predicted molar refractivity (Wildman–Crippen MR) is 139 cm³/mol. The van der Waals surface area contributed by atoms with E-state index in [0.29, 0.717) is 12.0 Å². The second-order valence-electron chi connectivity index (χ2n) is 10.1. The molecule has 1 aromatic carbocycles. The summed E-state index contributed by atoms with van der Waals surface area (Å²) in [6, 6.07) is 9.06. The molecule has 5 heterocycles. The highest BCUT2D eigenvalue weighted by Gasteiger charge is 2.36. The van der Waals surface area contributed by atoms with Crippen LogP contribution in [0.4, 0.5) is 11.5 Å². The van der Waals surface area contributed by atoms with Gasteiger partial charge >= 0.3 is 0 Å². The summed E-state index contributed by atoms with van der Waals surface area (Å²) in [5, 5.41) is 7.92. The standard InChI is InChI=1S/C28H32N6O2/c1-4-26(35)34-16-22(17-34)33-11-8-19(9-12-33)20-5-6-25-24(13-20)31-28-27(18(2)36-25)23(7-10-29-28)21-14-30-32(3)15-21/h4-7,10,13-15,18-19,22H,1,8-9,11-12,16-17H2,2-3H3,(H,29,31)/t18-/m0/s1. The summed E-state index contributed by atoms with van der Waals surface area (Å²) in [4.78, 5) is 20.8. The minimum atomic E-state index is -0.151. The third kappa shape index (κ3) is 4.05. The summed E-state index contributed by atoms with van der Waals surface area (Å²) in [6.07, 6.45) is 9.22. The first-order chi connectivity index (χ1) is 17.5. The van der Waals surface area contributed by atoms with E-state index in [-0.39, 0.29) is 12.0 Å². The summed E-state index contributed by atoms with van der Waals surface area (Å²) in [7, 11) is 1.92. The van der Waals surface area contributed by atoms with Crippen molar-refractivity contribution >= 4 is 17.4 Å². The second kappa shape index (κ2) is 9.09. The lowest BCUT2D eigenvalue weighted by molar-refractivity contribution is -0.133. The summed E-state index contributed by atoms with van der Waals surface area (Å²) in [5.74, 6) is 2.23. The number of benzene rings is 1. The van der Waals surface area contributed by atoms with E-state index in [2.05, 4.69) is 52.0 Å². The number of aromatic nitrogens is 3. The molecule has 0 bridgehead atoms. The summed E-state index contributed by atoms with van der Waals surface area (Å²) in [5.41, 5.74) is 5.48. The molecule has 0 spiro atoms. The van der Waals surface area contributed by atoms with Crippen LogP contribution >= 0.6 is 0 Å². The Balaban J connectivity index is 1.18. The maximum atomic E-state index is 11.8. The van der Waals surface area contributed by atoms with E-state index in [9.17, 15) is 4.79 Å². The molecule has 3 aromatic rings.